The largest absolute Gasteiger partial charge is 0.317 e. The Hall–Kier alpha value is -2.10. The average molecular weight is 229 g/mol. The van der Waals surface area contributed by atoms with Crippen molar-refractivity contribution in [3.05, 3.63) is 47.0 Å². The predicted molar refractivity (Wildman–Crippen MR) is 69.3 cm³/mol. The maximum atomic E-state index is 11.5. The van der Waals surface area contributed by atoms with Gasteiger partial charge < -0.3 is 4.98 Å². The number of hydrogen-bond acceptors (Lipinski definition) is 2. The highest BCUT2D eigenvalue weighted by atomic mass is 16.1. The Morgan fingerprint density at radius 2 is 2.00 bits per heavy atom. The fraction of sp³-hybridized carbons (Fsp3) is 0.231. The van der Waals surface area contributed by atoms with E-state index in [0.29, 0.717) is 5.65 Å². The molecule has 4 heteroatoms. The van der Waals surface area contributed by atoms with Crippen LogP contribution in [0.1, 0.15) is 20.3 Å². The fourth-order valence-corrected chi connectivity index (χ4v) is 1.63. The summed E-state index contributed by atoms with van der Waals surface area (Å²) in [6, 6.07) is 7.64. The summed E-state index contributed by atoms with van der Waals surface area (Å²) in [6.45, 7) is 4.25. The summed E-state index contributed by atoms with van der Waals surface area (Å²) in [4.78, 5) is 18.3. The standard InChI is InChI=1S/C10H7N3O.C3H8/c14-10-9-11-5-6-13(9)8-4-2-1-3-7(8)12-10;1-3-2/h1-6H,(H,12,14);3H2,1-2H3. The molecule has 0 aliphatic rings. The minimum Gasteiger partial charge on any atom is -0.317 e. The monoisotopic (exact) mass is 229 g/mol. The van der Waals surface area contributed by atoms with Crippen molar-refractivity contribution in [2.45, 2.75) is 20.3 Å². The second-order valence-corrected chi connectivity index (χ2v) is 3.80. The molecule has 0 radical (unpaired) electrons. The van der Waals surface area contributed by atoms with E-state index in [1.54, 1.807) is 16.8 Å². The molecule has 0 saturated heterocycles. The molecule has 0 saturated carbocycles. The number of imidazole rings is 1. The zero-order valence-corrected chi connectivity index (χ0v) is 9.97. The normalized spacial score (nSPS) is 10.2. The van der Waals surface area contributed by atoms with Crippen molar-refractivity contribution in [3.8, 4) is 0 Å². The van der Waals surface area contributed by atoms with Crippen LogP contribution in [0.5, 0.6) is 0 Å². The molecular weight excluding hydrogens is 214 g/mol. The lowest BCUT2D eigenvalue weighted by Gasteiger charge is -1.99. The molecule has 3 rings (SSSR count). The smallest absolute Gasteiger partial charge is 0.292 e. The van der Waals surface area contributed by atoms with Gasteiger partial charge in [0.2, 0.25) is 5.65 Å². The van der Waals surface area contributed by atoms with E-state index in [1.165, 1.54) is 6.42 Å². The molecule has 0 unspecified atom stereocenters. The summed E-state index contributed by atoms with van der Waals surface area (Å²) >= 11 is 0. The van der Waals surface area contributed by atoms with Crippen molar-refractivity contribution in [2.75, 3.05) is 0 Å². The van der Waals surface area contributed by atoms with Crippen LogP contribution in [0, 0.1) is 0 Å². The van der Waals surface area contributed by atoms with Gasteiger partial charge in [0.05, 0.1) is 11.0 Å². The van der Waals surface area contributed by atoms with Crippen LogP contribution >= 0.6 is 0 Å². The lowest BCUT2D eigenvalue weighted by atomic mass is 10.3. The van der Waals surface area contributed by atoms with Crippen LogP contribution in [0.3, 0.4) is 0 Å². The summed E-state index contributed by atoms with van der Waals surface area (Å²) in [5.74, 6) is 0. The van der Waals surface area contributed by atoms with Gasteiger partial charge in [0.1, 0.15) is 0 Å². The molecule has 0 fully saturated rings. The van der Waals surface area contributed by atoms with E-state index in [4.69, 9.17) is 0 Å². The highest BCUT2D eigenvalue weighted by Crippen LogP contribution is 2.09. The molecule has 17 heavy (non-hydrogen) atoms. The maximum Gasteiger partial charge on any atom is 0.292 e. The van der Waals surface area contributed by atoms with Crippen molar-refractivity contribution in [1.82, 2.24) is 14.4 Å². The van der Waals surface area contributed by atoms with Gasteiger partial charge in [-0.1, -0.05) is 32.4 Å². The third-order valence-electron chi connectivity index (χ3n) is 2.26. The average Bonchev–Trinajstić information content (AvgIpc) is 2.80. The molecule has 0 atom stereocenters. The lowest BCUT2D eigenvalue weighted by Crippen LogP contribution is -2.10. The van der Waals surface area contributed by atoms with E-state index in [-0.39, 0.29) is 5.56 Å². The summed E-state index contributed by atoms with van der Waals surface area (Å²) in [7, 11) is 0. The van der Waals surface area contributed by atoms with E-state index >= 15 is 0 Å². The van der Waals surface area contributed by atoms with E-state index < -0.39 is 0 Å². The first kappa shape index (κ1) is 11.4. The van der Waals surface area contributed by atoms with E-state index in [1.807, 2.05) is 24.3 Å². The van der Waals surface area contributed by atoms with Crippen molar-refractivity contribution in [2.24, 2.45) is 0 Å². The van der Waals surface area contributed by atoms with E-state index in [9.17, 15) is 4.79 Å². The third kappa shape index (κ3) is 2.06. The molecule has 1 N–H and O–H groups in total. The molecule has 2 heterocycles. The van der Waals surface area contributed by atoms with Crippen molar-refractivity contribution < 1.29 is 0 Å². The van der Waals surface area contributed by atoms with Gasteiger partial charge in [-0.25, -0.2) is 4.98 Å². The highest BCUT2D eigenvalue weighted by molar-refractivity contribution is 5.76. The van der Waals surface area contributed by atoms with Crippen molar-refractivity contribution >= 4 is 16.7 Å². The molecule has 1 aromatic carbocycles. The number of benzene rings is 1. The highest BCUT2D eigenvalue weighted by Gasteiger charge is 2.03. The van der Waals surface area contributed by atoms with Crippen LogP contribution < -0.4 is 5.56 Å². The topological polar surface area (TPSA) is 50.2 Å². The van der Waals surface area contributed by atoms with Gasteiger partial charge in [0, 0.05) is 12.4 Å². The number of nitrogens with zero attached hydrogens (tertiary/aromatic N) is 2. The molecule has 0 spiro atoms. The second kappa shape index (κ2) is 4.82. The number of para-hydroxylation sites is 2. The maximum absolute atomic E-state index is 11.5. The molecular formula is C13H15N3O. The number of fused-ring (bicyclic) bond motifs is 3. The van der Waals surface area contributed by atoms with Crippen LogP contribution in [0.4, 0.5) is 0 Å². The van der Waals surface area contributed by atoms with Gasteiger partial charge >= 0.3 is 0 Å². The van der Waals surface area contributed by atoms with Gasteiger partial charge in [0.25, 0.3) is 5.56 Å². The van der Waals surface area contributed by atoms with Gasteiger partial charge in [-0.2, -0.15) is 0 Å². The number of rotatable bonds is 0. The first-order valence-corrected chi connectivity index (χ1v) is 5.72. The second-order valence-electron chi connectivity index (χ2n) is 3.80. The zero-order valence-electron chi connectivity index (χ0n) is 9.97. The quantitative estimate of drug-likeness (QED) is 0.644. The van der Waals surface area contributed by atoms with Crippen LogP contribution in [0.2, 0.25) is 0 Å². The summed E-state index contributed by atoms with van der Waals surface area (Å²) in [5.41, 5.74) is 2.06. The Morgan fingerprint density at radius 1 is 1.29 bits per heavy atom. The molecule has 4 nitrogen and oxygen atoms in total. The Morgan fingerprint density at radius 3 is 2.76 bits per heavy atom. The van der Waals surface area contributed by atoms with E-state index in [2.05, 4.69) is 23.8 Å². The number of hydrogen-bond donors (Lipinski definition) is 1. The first-order chi connectivity index (χ1) is 8.27. The number of nitrogens with one attached hydrogen (secondary N) is 1. The Bertz CT molecular complexity index is 682. The Kier molecular flexibility index (Phi) is 3.23. The first-order valence-electron chi connectivity index (χ1n) is 5.72. The lowest BCUT2D eigenvalue weighted by molar-refractivity contribution is 1.09. The minimum atomic E-state index is -0.159. The van der Waals surface area contributed by atoms with Crippen molar-refractivity contribution in [3.63, 3.8) is 0 Å². The van der Waals surface area contributed by atoms with Gasteiger partial charge in [-0.15, -0.1) is 0 Å². The molecule has 3 aromatic rings. The number of H-pyrrole nitrogens is 1. The SMILES string of the molecule is CCC.O=c1[nH]c2ccccc2n2ccnc12. The predicted octanol–water partition coefficient (Wildman–Crippen LogP) is 2.59. The van der Waals surface area contributed by atoms with Crippen LogP contribution in [0.25, 0.3) is 16.7 Å². The zero-order chi connectivity index (χ0) is 12.3. The van der Waals surface area contributed by atoms with E-state index in [0.717, 1.165) is 11.0 Å². The Balaban J connectivity index is 0.000000329. The number of aromatic nitrogens is 3. The molecule has 0 bridgehead atoms. The van der Waals surface area contributed by atoms with Crippen LogP contribution in [0.15, 0.2) is 41.5 Å². The molecule has 2 aromatic heterocycles. The van der Waals surface area contributed by atoms with Gasteiger partial charge in [-0.3, -0.25) is 9.20 Å². The van der Waals surface area contributed by atoms with Crippen LogP contribution in [-0.4, -0.2) is 14.4 Å². The molecule has 0 aliphatic heterocycles. The minimum absolute atomic E-state index is 0.159. The number of aromatic amines is 1. The fourth-order valence-electron chi connectivity index (χ4n) is 1.63. The molecule has 88 valence electrons. The molecule has 0 amide bonds. The van der Waals surface area contributed by atoms with Crippen LogP contribution in [-0.2, 0) is 0 Å². The summed E-state index contributed by atoms with van der Waals surface area (Å²) < 4.78 is 1.79. The third-order valence-corrected chi connectivity index (χ3v) is 2.26. The summed E-state index contributed by atoms with van der Waals surface area (Å²) in [5, 5.41) is 0. The Labute approximate surface area is 98.9 Å². The van der Waals surface area contributed by atoms with Gasteiger partial charge in [-0.05, 0) is 12.1 Å². The summed E-state index contributed by atoms with van der Waals surface area (Å²) in [6.07, 6.45) is 4.66. The van der Waals surface area contributed by atoms with Crippen molar-refractivity contribution in [1.29, 1.82) is 0 Å². The van der Waals surface area contributed by atoms with Gasteiger partial charge in [0.15, 0.2) is 0 Å². The molecule has 0 aliphatic carbocycles.